The average Bonchev–Trinajstić information content (AvgIpc) is 2.69. The fraction of sp³-hybridized carbons (Fsp3) is 0.333. The van der Waals surface area contributed by atoms with Crippen molar-refractivity contribution in [2.75, 3.05) is 0 Å². The maximum Gasteiger partial charge on any atom is 0.413 e. The molecule has 6 nitrogen and oxygen atoms in total. The summed E-state index contributed by atoms with van der Waals surface area (Å²) in [4.78, 5) is 34.3. The van der Waals surface area contributed by atoms with Gasteiger partial charge in [0.05, 0.1) is 6.54 Å². The molecule has 0 saturated heterocycles. The number of benzene rings is 2. The Morgan fingerprint density at radius 1 is 1.06 bits per heavy atom. The van der Waals surface area contributed by atoms with Crippen molar-refractivity contribution < 1.29 is 4.57 Å². The molecule has 0 aliphatic heterocycles. The second kappa shape index (κ2) is 7.93. The minimum Gasteiger partial charge on any atom is -0.267 e. The van der Waals surface area contributed by atoms with E-state index in [9.17, 15) is 9.59 Å². The molecular weight excluding hydrogens is 412 g/mol. The SMILES string of the molecule is CC(C)c1ccc2c(c1)nc1c(=O)[nH]c(=O)[nH]c1[n+]2CC(C)(C)Cc1ccc(Cl)cc1. The number of rotatable bonds is 5. The number of H-pyrrole nitrogens is 2. The molecule has 0 aliphatic carbocycles. The Kier molecular flexibility index (Phi) is 5.43. The molecule has 0 unspecified atom stereocenters. The van der Waals surface area contributed by atoms with Crippen LogP contribution in [-0.4, -0.2) is 15.0 Å². The first-order valence-electron chi connectivity index (χ1n) is 10.4. The summed E-state index contributed by atoms with van der Waals surface area (Å²) in [6.07, 6.45) is 0.806. The summed E-state index contributed by atoms with van der Waals surface area (Å²) in [5, 5.41) is 0.708. The molecule has 0 radical (unpaired) electrons. The molecule has 2 aromatic carbocycles. The van der Waals surface area contributed by atoms with Gasteiger partial charge < -0.3 is 0 Å². The summed E-state index contributed by atoms with van der Waals surface area (Å²) in [5.41, 5.74) is 3.40. The van der Waals surface area contributed by atoms with Crippen molar-refractivity contribution in [3.63, 3.8) is 0 Å². The third-order valence-electron chi connectivity index (χ3n) is 5.54. The van der Waals surface area contributed by atoms with Crippen LogP contribution in [-0.2, 0) is 13.0 Å². The zero-order chi connectivity index (χ0) is 22.3. The normalized spacial score (nSPS) is 12.2. The van der Waals surface area contributed by atoms with Crippen molar-refractivity contribution in [2.45, 2.75) is 46.6 Å². The molecule has 0 aliphatic rings. The zero-order valence-corrected chi connectivity index (χ0v) is 18.9. The van der Waals surface area contributed by atoms with E-state index in [-0.39, 0.29) is 10.9 Å². The molecule has 2 aromatic heterocycles. The van der Waals surface area contributed by atoms with Gasteiger partial charge in [-0.15, -0.1) is 0 Å². The number of hydrogen-bond donors (Lipinski definition) is 2. The quantitative estimate of drug-likeness (QED) is 0.364. The smallest absolute Gasteiger partial charge is 0.267 e. The van der Waals surface area contributed by atoms with Gasteiger partial charge in [-0.1, -0.05) is 57.5 Å². The van der Waals surface area contributed by atoms with E-state index in [1.807, 2.05) is 41.0 Å². The molecule has 4 aromatic rings. The molecule has 160 valence electrons. The fourth-order valence-electron chi connectivity index (χ4n) is 4.03. The van der Waals surface area contributed by atoms with Crippen LogP contribution in [0, 0.1) is 5.41 Å². The maximum absolute atomic E-state index is 12.5. The third-order valence-corrected chi connectivity index (χ3v) is 5.79. The molecule has 4 rings (SSSR count). The van der Waals surface area contributed by atoms with Crippen molar-refractivity contribution >= 4 is 33.8 Å². The highest BCUT2D eigenvalue weighted by Gasteiger charge is 2.27. The lowest BCUT2D eigenvalue weighted by Gasteiger charge is -2.24. The minimum atomic E-state index is -0.540. The molecule has 31 heavy (non-hydrogen) atoms. The molecule has 0 atom stereocenters. The van der Waals surface area contributed by atoms with Gasteiger partial charge in [-0.05, 0) is 47.7 Å². The number of aromatic amines is 2. The number of hydrogen-bond acceptors (Lipinski definition) is 3. The molecule has 0 fully saturated rings. The van der Waals surface area contributed by atoms with Gasteiger partial charge in [0.15, 0.2) is 5.52 Å². The van der Waals surface area contributed by atoms with Crippen LogP contribution in [0.2, 0.25) is 5.02 Å². The lowest BCUT2D eigenvalue weighted by molar-refractivity contribution is -0.660. The average molecular weight is 438 g/mol. The Morgan fingerprint density at radius 3 is 2.45 bits per heavy atom. The van der Waals surface area contributed by atoms with E-state index in [4.69, 9.17) is 11.6 Å². The van der Waals surface area contributed by atoms with Crippen molar-refractivity contribution in [2.24, 2.45) is 5.41 Å². The largest absolute Gasteiger partial charge is 0.413 e. The monoisotopic (exact) mass is 437 g/mol. The Balaban J connectivity index is 1.89. The van der Waals surface area contributed by atoms with Crippen LogP contribution in [0.25, 0.3) is 22.2 Å². The van der Waals surface area contributed by atoms with Crippen molar-refractivity contribution in [1.82, 2.24) is 15.0 Å². The van der Waals surface area contributed by atoms with E-state index in [0.717, 1.165) is 23.0 Å². The lowest BCUT2D eigenvalue weighted by atomic mass is 9.85. The first-order chi connectivity index (χ1) is 14.6. The number of nitrogens with zero attached hydrogens (tertiary/aromatic N) is 2. The molecular formula is C24H26ClN4O2+. The molecule has 2 heterocycles. The maximum atomic E-state index is 12.5. The molecule has 2 N–H and O–H groups in total. The Bertz CT molecular complexity index is 1390. The van der Waals surface area contributed by atoms with Crippen LogP contribution in [0.3, 0.4) is 0 Å². The van der Waals surface area contributed by atoms with Gasteiger partial charge in [0.1, 0.15) is 5.52 Å². The molecule has 0 spiro atoms. The Morgan fingerprint density at radius 2 is 1.77 bits per heavy atom. The first kappa shape index (κ1) is 21.2. The lowest BCUT2D eigenvalue weighted by Crippen LogP contribution is -2.46. The number of halogens is 1. The van der Waals surface area contributed by atoms with E-state index in [0.29, 0.717) is 23.1 Å². The van der Waals surface area contributed by atoms with Crippen molar-refractivity contribution in [1.29, 1.82) is 0 Å². The van der Waals surface area contributed by atoms with Crippen LogP contribution < -0.4 is 15.8 Å². The summed E-state index contributed by atoms with van der Waals surface area (Å²) in [6.45, 7) is 9.16. The Hall–Kier alpha value is -2.99. The van der Waals surface area contributed by atoms with Gasteiger partial charge in [-0.3, -0.25) is 9.78 Å². The van der Waals surface area contributed by atoms with Crippen molar-refractivity contribution in [3.8, 4) is 0 Å². The zero-order valence-electron chi connectivity index (χ0n) is 18.1. The van der Waals surface area contributed by atoms with Crippen LogP contribution in [0.4, 0.5) is 0 Å². The van der Waals surface area contributed by atoms with Gasteiger partial charge in [0.25, 0.3) is 5.56 Å². The van der Waals surface area contributed by atoms with E-state index < -0.39 is 11.2 Å². The topological polar surface area (TPSA) is 82.5 Å². The summed E-state index contributed by atoms with van der Waals surface area (Å²) in [5.74, 6) is 0.338. The van der Waals surface area contributed by atoms with E-state index in [1.165, 1.54) is 5.56 Å². The van der Waals surface area contributed by atoms with Gasteiger partial charge >= 0.3 is 11.3 Å². The summed E-state index contributed by atoms with van der Waals surface area (Å²) in [6, 6.07) is 14.0. The second-order valence-corrected chi connectivity index (χ2v) is 9.61. The summed E-state index contributed by atoms with van der Waals surface area (Å²) < 4.78 is 2.01. The molecule has 0 amide bonds. The highest BCUT2D eigenvalue weighted by Crippen LogP contribution is 2.25. The summed E-state index contributed by atoms with van der Waals surface area (Å²) in [7, 11) is 0. The van der Waals surface area contributed by atoms with Crippen LogP contribution in [0.1, 0.15) is 44.7 Å². The second-order valence-electron chi connectivity index (χ2n) is 9.17. The highest BCUT2D eigenvalue weighted by atomic mass is 35.5. The third kappa shape index (κ3) is 4.39. The van der Waals surface area contributed by atoms with E-state index in [2.05, 4.69) is 48.7 Å². The van der Waals surface area contributed by atoms with Crippen LogP contribution >= 0.6 is 11.6 Å². The van der Waals surface area contributed by atoms with Crippen LogP contribution in [0.15, 0.2) is 52.1 Å². The molecule has 0 saturated carbocycles. The van der Waals surface area contributed by atoms with Crippen LogP contribution in [0.5, 0.6) is 0 Å². The number of fused-ring (bicyclic) bond motifs is 2. The van der Waals surface area contributed by atoms with Gasteiger partial charge in [0.2, 0.25) is 5.52 Å². The van der Waals surface area contributed by atoms with E-state index in [1.54, 1.807) is 0 Å². The van der Waals surface area contributed by atoms with Gasteiger partial charge in [-0.2, -0.15) is 4.98 Å². The molecule has 0 bridgehead atoms. The highest BCUT2D eigenvalue weighted by molar-refractivity contribution is 6.30. The van der Waals surface area contributed by atoms with Gasteiger partial charge in [0, 0.05) is 10.4 Å². The standard InChI is InChI=1S/C24H25ClN4O2/c1-14(2)16-7-10-19-18(11-16)26-20-21(27-23(31)28-22(20)30)29(19)13-24(3,4)12-15-5-8-17(25)9-6-15/h5-11,14H,12-13H2,1-4H3,(H,28,30,31)/p+1. The predicted molar refractivity (Wildman–Crippen MR) is 124 cm³/mol. The Labute approximate surface area is 184 Å². The predicted octanol–water partition coefficient (Wildman–Crippen LogP) is 4.10. The fourth-order valence-corrected chi connectivity index (χ4v) is 4.15. The molecule has 7 heteroatoms. The minimum absolute atomic E-state index is 0.171. The first-order valence-corrected chi connectivity index (χ1v) is 10.7. The van der Waals surface area contributed by atoms with Gasteiger partial charge in [-0.25, -0.2) is 14.3 Å². The number of nitrogens with one attached hydrogen (secondary N) is 2. The number of aromatic nitrogens is 4. The summed E-state index contributed by atoms with van der Waals surface area (Å²) >= 11 is 6.03. The van der Waals surface area contributed by atoms with Crippen molar-refractivity contribution in [3.05, 3.63) is 79.5 Å². The van der Waals surface area contributed by atoms with E-state index >= 15 is 0 Å².